The number of hydrogen-bond acceptors (Lipinski definition) is 8. The molecular weight excluding hydrogens is 436 g/mol. The van der Waals surface area contributed by atoms with E-state index in [4.69, 9.17) is 4.74 Å². The monoisotopic (exact) mass is 454 g/mol. The van der Waals surface area contributed by atoms with Gasteiger partial charge in [0, 0.05) is 25.2 Å². The third-order valence-electron chi connectivity index (χ3n) is 4.96. The van der Waals surface area contributed by atoms with Gasteiger partial charge in [0.15, 0.2) is 0 Å². The van der Waals surface area contributed by atoms with E-state index in [0.29, 0.717) is 24.4 Å². The highest BCUT2D eigenvalue weighted by atomic mass is 32.2. The van der Waals surface area contributed by atoms with E-state index in [0.717, 1.165) is 35.7 Å². The van der Waals surface area contributed by atoms with Crippen LogP contribution in [0.1, 0.15) is 18.4 Å². The van der Waals surface area contributed by atoms with E-state index in [9.17, 15) is 24.5 Å². The standard InChI is InChI=1S/C21H18N4O6S/c26-19(23-9-1-2-10-23)13-24-20(27)17(32-21(24)28)11-14-3-6-16(7-4-14)31-18-8-5-15(12-22-18)25(29)30/h3-8,11-12H,1-2,9-10,13H2/b17-11-. The van der Waals surface area contributed by atoms with E-state index in [1.165, 1.54) is 12.1 Å². The van der Waals surface area contributed by atoms with Crippen LogP contribution in [0.3, 0.4) is 0 Å². The average Bonchev–Trinajstić information content (AvgIpc) is 3.41. The number of imide groups is 1. The molecule has 0 radical (unpaired) electrons. The summed E-state index contributed by atoms with van der Waals surface area (Å²) in [6, 6.07) is 9.38. The Bertz CT molecular complexity index is 1090. The van der Waals surface area contributed by atoms with Crippen LogP contribution in [0.4, 0.5) is 10.5 Å². The van der Waals surface area contributed by atoms with Crippen LogP contribution < -0.4 is 4.74 Å². The minimum absolute atomic E-state index is 0.135. The van der Waals surface area contributed by atoms with Crippen LogP contribution >= 0.6 is 11.8 Å². The second-order valence-electron chi connectivity index (χ2n) is 7.14. The Balaban J connectivity index is 1.40. The molecule has 2 aromatic rings. The summed E-state index contributed by atoms with van der Waals surface area (Å²) in [4.78, 5) is 54.1. The fraction of sp³-hybridized carbons (Fsp3) is 0.238. The third-order valence-corrected chi connectivity index (χ3v) is 5.86. The molecule has 0 atom stereocenters. The van der Waals surface area contributed by atoms with E-state index in [1.807, 2.05) is 0 Å². The SMILES string of the molecule is O=C(CN1C(=O)S/C(=C\c2ccc(Oc3ccc([N+](=O)[O-])cn3)cc2)C1=O)N1CCCC1. The van der Waals surface area contributed by atoms with E-state index >= 15 is 0 Å². The van der Waals surface area contributed by atoms with Crippen molar-refractivity contribution in [3.05, 3.63) is 63.2 Å². The first-order chi connectivity index (χ1) is 15.4. The molecule has 2 aliphatic heterocycles. The molecule has 1 aromatic carbocycles. The number of benzene rings is 1. The molecule has 32 heavy (non-hydrogen) atoms. The number of hydrogen-bond donors (Lipinski definition) is 0. The summed E-state index contributed by atoms with van der Waals surface area (Å²) in [5.41, 5.74) is 0.536. The first-order valence-corrected chi connectivity index (χ1v) is 10.6. The summed E-state index contributed by atoms with van der Waals surface area (Å²) >= 11 is 0.803. The predicted octanol–water partition coefficient (Wildman–Crippen LogP) is 3.44. The van der Waals surface area contributed by atoms with Crippen molar-refractivity contribution < 1.29 is 24.0 Å². The fourth-order valence-electron chi connectivity index (χ4n) is 3.28. The highest BCUT2D eigenvalue weighted by Gasteiger charge is 2.37. The zero-order chi connectivity index (χ0) is 22.7. The van der Waals surface area contributed by atoms with Crippen molar-refractivity contribution in [2.45, 2.75) is 12.8 Å². The molecule has 4 rings (SSSR count). The Hall–Kier alpha value is -3.73. The smallest absolute Gasteiger partial charge is 0.294 e. The molecule has 0 saturated carbocycles. The zero-order valence-electron chi connectivity index (χ0n) is 16.8. The topological polar surface area (TPSA) is 123 Å². The predicted molar refractivity (Wildman–Crippen MR) is 116 cm³/mol. The summed E-state index contributed by atoms with van der Waals surface area (Å²) in [7, 11) is 0. The number of amides is 3. The molecule has 1 aromatic heterocycles. The van der Waals surface area contributed by atoms with Crippen molar-refractivity contribution in [3.8, 4) is 11.6 Å². The van der Waals surface area contributed by atoms with Gasteiger partial charge in [-0.05, 0) is 48.4 Å². The van der Waals surface area contributed by atoms with Gasteiger partial charge in [0.25, 0.3) is 16.8 Å². The van der Waals surface area contributed by atoms with Gasteiger partial charge >= 0.3 is 0 Å². The Morgan fingerprint density at radius 3 is 2.50 bits per heavy atom. The van der Waals surface area contributed by atoms with Crippen molar-refractivity contribution in [1.29, 1.82) is 0 Å². The second-order valence-corrected chi connectivity index (χ2v) is 8.13. The number of thioether (sulfide) groups is 1. The number of carbonyl (C=O) groups is 3. The second kappa shape index (κ2) is 9.18. The van der Waals surface area contributed by atoms with Gasteiger partial charge in [-0.1, -0.05) is 12.1 Å². The summed E-state index contributed by atoms with van der Waals surface area (Å²) < 4.78 is 5.55. The van der Waals surface area contributed by atoms with Crippen molar-refractivity contribution in [1.82, 2.24) is 14.8 Å². The van der Waals surface area contributed by atoms with Gasteiger partial charge in [-0.2, -0.15) is 0 Å². The Morgan fingerprint density at radius 2 is 1.88 bits per heavy atom. The van der Waals surface area contributed by atoms with Crippen LogP contribution in [0.15, 0.2) is 47.5 Å². The van der Waals surface area contributed by atoms with Crippen molar-refractivity contribution in [2.75, 3.05) is 19.6 Å². The van der Waals surface area contributed by atoms with E-state index in [2.05, 4.69) is 4.98 Å². The lowest BCUT2D eigenvalue weighted by Crippen LogP contribution is -2.40. The van der Waals surface area contributed by atoms with Gasteiger partial charge < -0.3 is 9.64 Å². The van der Waals surface area contributed by atoms with Gasteiger partial charge in [-0.25, -0.2) is 4.98 Å². The largest absolute Gasteiger partial charge is 0.439 e. The van der Waals surface area contributed by atoms with Crippen LogP contribution in [-0.2, 0) is 9.59 Å². The summed E-state index contributed by atoms with van der Waals surface area (Å²) in [6.45, 7) is 1.08. The maximum Gasteiger partial charge on any atom is 0.294 e. The molecule has 10 nitrogen and oxygen atoms in total. The number of likely N-dealkylation sites (tertiary alicyclic amines) is 1. The minimum atomic E-state index is -0.546. The number of ether oxygens (including phenoxy) is 1. The molecule has 164 valence electrons. The number of rotatable bonds is 6. The van der Waals surface area contributed by atoms with Crippen molar-refractivity contribution >= 4 is 40.6 Å². The highest BCUT2D eigenvalue weighted by molar-refractivity contribution is 8.18. The van der Waals surface area contributed by atoms with Gasteiger partial charge in [0.2, 0.25) is 11.8 Å². The molecule has 0 N–H and O–H groups in total. The molecule has 2 saturated heterocycles. The third kappa shape index (κ3) is 4.78. The van der Waals surface area contributed by atoms with Crippen LogP contribution in [-0.4, -0.2) is 56.4 Å². The van der Waals surface area contributed by atoms with Gasteiger partial charge in [0.05, 0.1) is 9.83 Å². The molecule has 3 amide bonds. The quantitative estimate of drug-likeness (QED) is 0.369. The molecule has 2 aliphatic rings. The van der Waals surface area contributed by atoms with Crippen LogP contribution in [0, 0.1) is 10.1 Å². The number of aromatic nitrogens is 1. The summed E-state index contributed by atoms with van der Waals surface area (Å²) in [5, 5.41) is 10.2. The van der Waals surface area contributed by atoms with E-state index < -0.39 is 16.1 Å². The first kappa shape index (κ1) is 21.5. The number of nitrogens with zero attached hydrogens (tertiary/aromatic N) is 4. The normalized spacial score (nSPS) is 17.3. The minimum Gasteiger partial charge on any atom is -0.439 e. The molecule has 0 aliphatic carbocycles. The van der Waals surface area contributed by atoms with Crippen molar-refractivity contribution in [3.63, 3.8) is 0 Å². The molecule has 0 bridgehead atoms. The summed E-state index contributed by atoms with van der Waals surface area (Å²) in [5.74, 6) is -0.0460. The number of nitro groups is 1. The maximum absolute atomic E-state index is 12.6. The highest BCUT2D eigenvalue weighted by Crippen LogP contribution is 2.32. The average molecular weight is 454 g/mol. The zero-order valence-corrected chi connectivity index (χ0v) is 17.6. The molecular formula is C21H18N4O6S. The number of carbonyl (C=O) groups excluding carboxylic acids is 3. The molecule has 3 heterocycles. The van der Waals surface area contributed by atoms with E-state index in [-0.39, 0.29) is 28.9 Å². The molecule has 0 unspecified atom stereocenters. The first-order valence-electron chi connectivity index (χ1n) is 9.82. The summed E-state index contributed by atoms with van der Waals surface area (Å²) in [6.07, 6.45) is 4.56. The molecule has 2 fully saturated rings. The number of pyridine rings is 1. The van der Waals surface area contributed by atoms with Gasteiger partial charge in [-0.3, -0.25) is 29.4 Å². The lowest BCUT2D eigenvalue weighted by molar-refractivity contribution is -0.385. The van der Waals surface area contributed by atoms with E-state index in [1.54, 1.807) is 35.2 Å². The lowest BCUT2D eigenvalue weighted by atomic mass is 10.2. The van der Waals surface area contributed by atoms with Gasteiger partial charge in [-0.15, -0.1) is 0 Å². The van der Waals surface area contributed by atoms with Crippen LogP contribution in [0.5, 0.6) is 11.6 Å². The Labute approximate surface area is 187 Å². The Morgan fingerprint density at radius 1 is 1.16 bits per heavy atom. The van der Waals surface area contributed by atoms with Crippen LogP contribution in [0.2, 0.25) is 0 Å². The molecule has 0 spiro atoms. The van der Waals surface area contributed by atoms with Crippen LogP contribution in [0.25, 0.3) is 6.08 Å². The lowest BCUT2D eigenvalue weighted by Gasteiger charge is -2.18. The Kier molecular flexibility index (Phi) is 6.17. The fourth-order valence-corrected chi connectivity index (χ4v) is 4.12. The molecule has 11 heteroatoms. The van der Waals surface area contributed by atoms with Gasteiger partial charge in [0.1, 0.15) is 18.5 Å². The maximum atomic E-state index is 12.6. The van der Waals surface area contributed by atoms with Crippen molar-refractivity contribution in [2.24, 2.45) is 0 Å².